The molecule has 0 unspecified atom stereocenters. The van der Waals surface area contributed by atoms with Gasteiger partial charge in [0.2, 0.25) is 5.91 Å². The second-order valence-corrected chi connectivity index (χ2v) is 6.59. The highest BCUT2D eigenvalue weighted by Crippen LogP contribution is 2.19. The van der Waals surface area contributed by atoms with E-state index in [0.29, 0.717) is 11.1 Å². The Balaban J connectivity index is 1.66. The molecule has 4 rings (SSSR count). The third kappa shape index (κ3) is 3.57. The lowest BCUT2D eigenvalue weighted by atomic mass is 10.2. The van der Waals surface area contributed by atoms with E-state index in [2.05, 4.69) is 5.10 Å². The molecule has 2 aromatic carbocycles. The lowest BCUT2D eigenvalue weighted by molar-refractivity contribution is -0.119. The van der Waals surface area contributed by atoms with E-state index < -0.39 is 0 Å². The number of benzene rings is 2. The van der Waals surface area contributed by atoms with E-state index in [9.17, 15) is 9.59 Å². The van der Waals surface area contributed by atoms with Crippen LogP contribution in [-0.2, 0) is 17.9 Å². The number of anilines is 1. The predicted molar refractivity (Wildman–Crippen MR) is 107 cm³/mol. The molecule has 0 saturated heterocycles. The van der Waals surface area contributed by atoms with Gasteiger partial charge in [0.1, 0.15) is 12.3 Å². The summed E-state index contributed by atoms with van der Waals surface area (Å²) in [7, 11) is 0. The van der Waals surface area contributed by atoms with Gasteiger partial charge >= 0.3 is 0 Å². The first-order valence-corrected chi connectivity index (χ1v) is 8.96. The Hall–Kier alpha value is -3.67. The fraction of sp³-hybridized carbons (Fsp3) is 0.136. The minimum atomic E-state index is -0.284. The van der Waals surface area contributed by atoms with Gasteiger partial charge in [-0.1, -0.05) is 35.9 Å². The number of rotatable bonds is 5. The van der Waals surface area contributed by atoms with Crippen LogP contribution in [0.15, 0.2) is 82.3 Å². The number of fused-ring (bicyclic) bond motifs is 1. The van der Waals surface area contributed by atoms with Crippen LogP contribution < -0.4 is 10.5 Å². The Labute approximate surface area is 161 Å². The number of furan rings is 1. The van der Waals surface area contributed by atoms with Crippen molar-refractivity contribution in [2.75, 3.05) is 4.90 Å². The molecule has 6 heteroatoms. The first-order chi connectivity index (χ1) is 13.6. The molecule has 0 atom stereocenters. The number of carbonyl (C=O) groups excluding carboxylic acids is 1. The molecule has 0 radical (unpaired) electrons. The number of hydrogen-bond donors (Lipinski definition) is 0. The lowest BCUT2D eigenvalue weighted by Gasteiger charge is -2.22. The molecule has 0 aliphatic rings. The SMILES string of the molecule is Cc1ccc(N(Cc2ccco2)C(=O)Cn2ncc3ccccc3c2=O)cc1. The summed E-state index contributed by atoms with van der Waals surface area (Å²) in [4.78, 5) is 27.4. The molecule has 6 nitrogen and oxygen atoms in total. The lowest BCUT2D eigenvalue weighted by Crippen LogP contribution is -2.37. The molecule has 0 saturated carbocycles. The van der Waals surface area contributed by atoms with Gasteiger partial charge in [-0.25, -0.2) is 4.68 Å². The zero-order valence-corrected chi connectivity index (χ0v) is 15.4. The number of aromatic nitrogens is 2. The van der Waals surface area contributed by atoms with Gasteiger partial charge in [-0.15, -0.1) is 0 Å². The van der Waals surface area contributed by atoms with E-state index in [-0.39, 0.29) is 24.6 Å². The van der Waals surface area contributed by atoms with Crippen LogP contribution in [0.5, 0.6) is 0 Å². The Morgan fingerprint density at radius 2 is 1.86 bits per heavy atom. The Kier molecular flexibility index (Phi) is 4.76. The molecular weight excluding hydrogens is 354 g/mol. The van der Waals surface area contributed by atoms with Crippen LogP contribution in [0.3, 0.4) is 0 Å². The van der Waals surface area contributed by atoms with Gasteiger partial charge in [-0.05, 0) is 37.3 Å². The molecule has 0 N–H and O–H groups in total. The van der Waals surface area contributed by atoms with Crippen molar-refractivity contribution in [3.63, 3.8) is 0 Å². The van der Waals surface area contributed by atoms with Crippen molar-refractivity contribution in [1.82, 2.24) is 9.78 Å². The van der Waals surface area contributed by atoms with Crippen molar-refractivity contribution in [1.29, 1.82) is 0 Å². The van der Waals surface area contributed by atoms with Crippen molar-refractivity contribution in [3.05, 3.63) is 94.8 Å². The van der Waals surface area contributed by atoms with E-state index in [0.717, 1.165) is 16.6 Å². The minimum Gasteiger partial charge on any atom is -0.467 e. The second-order valence-electron chi connectivity index (χ2n) is 6.59. The van der Waals surface area contributed by atoms with E-state index >= 15 is 0 Å². The van der Waals surface area contributed by atoms with Crippen molar-refractivity contribution in [3.8, 4) is 0 Å². The molecule has 2 heterocycles. The predicted octanol–water partition coefficient (Wildman–Crippen LogP) is 3.53. The summed E-state index contributed by atoms with van der Waals surface area (Å²) in [5, 5.41) is 5.46. The van der Waals surface area contributed by atoms with Crippen LogP contribution in [0.25, 0.3) is 10.8 Å². The molecule has 0 spiro atoms. The molecule has 28 heavy (non-hydrogen) atoms. The summed E-state index contributed by atoms with van der Waals surface area (Å²) >= 11 is 0. The zero-order valence-electron chi connectivity index (χ0n) is 15.4. The standard InChI is InChI=1S/C22H19N3O3/c1-16-8-10-18(11-9-16)24(14-19-6-4-12-28-19)21(26)15-25-22(27)20-7-3-2-5-17(20)13-23-25/h2-13H,14-15H2,1H3. The second kappa shape index (κ2) is 7.52. The maximum atomic E-state index is 13.1. The van der Waals surface area contributed by atoms with Gasteiger partial charge in [0, 0.05) is 11.1 Å². The van der Waals surface area contributed by atoms with E-state index in [1.165, 1.54) is 4.68 Å². The van der Waals surface area contributed by atoms with E-state index in [4.69, 9.17) is 4.42 Å². The van der Waals surface area contributed by atoms with Gasteiger partial charge in [0.05, 0.1) is 24.4 Å². The molecule has 0 aliphatic carbocycles. The highest BCUT2D eigenvalue weighted by Gasteiger charge is 2.19. The van der Waals surface area contributed by atoms with Gasteiger partial charge < -0.3 is 9.32 Å². The highest BCUT2D eigenvalue weighted by molar-refractivity contribution is 5.93. The van der Waals surface area contributed by atoms with Crippen molar-refractivity contribution < 1.29 is 9.21 Å². The van der Waals surface area contributed by atoms with Crippen LogP contribution in [0, 0.1) is 6.92 Å². The Morgan fingerprint density at radius 3 is 2.61 bits per heavy atom. The minimum absolute atomic E-state index is 0.155. The fourth-order valence-electron chi connectivity index (χ4n) is 3.06. The fourth-order valence-corrected chi connectivity index (χ4v) is 3.06. The quantitative estimate of drug-likeness (QED) is 0.537. The molecule has 4 aromatic rings. The number of hydrogen-bond acceptors (Lipinski definition) is 4. The molecule has 140 valence electrons. The van der Waals surface area contributed by atoms with Gasteiger partial charge in [-0.3, -0.25) is 9.59 Å². The molecule has 0 aliphatic heterocycles. The molecule has 1 amide bonds. The molecule has 0 fully saturated rings. The average Bonchev–Trinajstić information content (AvgIpc) is 3.22. The van der Waals surface area contributed by atoms with Crippen molar-refractivity contribution in [2.45, 2.75) is 20.0 Å². The number of carbonyl (C=O) groups is 1. The normalized spacial score (nSPS) is 10.9. The van der Waals surface area contributed by atoms with Gasteiger partial charge in [-0.2, -0.15) is 5.10 Å². The van der Waals surface area contributed by atoms with E-state index in [1.807, 2.05) is 49.4 Å². The van der Waals surface area contributed by atoms with Crippen molar-refractivity contribution >= 4 is 22.4 Å². The zero-order chi connectivity index (χ0) is 19.5. The van der Waals surface area contributed by atoms with Crippen LogP contribution in [0.1, 0.15) is 11.3 Å². The Bertz CT molecular complexity index is 1160. The third-order valence-electron chi connectivity index (χ3n) is 4.59. The smallest absolute Gasteiger partial charge is 0.275 e. The van der Waals surface area contributed by atoms with Crippen LogP contribution >= 0.6 is 0 Å². The third-order valence-corrected chi connectivity index (χ3v) is 4.59. The maximum Gasteiger partial charge on any atom is 0.275 e. The number of aryl methyl sites for hydroxylation is 1. The van der Waals surface area contributed by atoms with Gasteiger partial charge in [0.15, 0.2) is 0 Å². The topological polar surface area (TPSA) is 68.3 Å². The highest BCUT2D eigenvalue weighted by atomic mass is 16.3. The van der Waals surface area contributed by atoms with Gasteiger partial charge in [0.25, 0.3) is 5.56 Å². The van der Waals surface area contributed by atoms with Crippen LogP contribution in [0.4, 0.5) is 5.69 Å². The molecular formula is C22H19N3O3. The monoisotopic (exact) mass is 373 g/mol. The van der Waals surface area contributed by atoms with Crippen molar-refractivity contribution in [2.24, 2.45) is 0 Å². The number of amides is 1. The summed E-state index contributed by atoms with van der Waals surface area (Å²) in [6, 6.07) is 18.5. The summed E-state index contributed by atoms with van der Waals surface area (Å²) in [6.07, 6.45) is 3.18. The molecule has 2 aromatic heterocycles. The molecule has 0 bridgehead atoms. The summed E-state index contributed by atoms with van der Waals surface area (Å²) in [6.45, 7) is 2.11. The maximum absolute atomic E-state index is 13.1. The number of nitrogens with zero attached hydrogens (tertiary/aromatic N) is 3. The Morgan fingerprint density at radius 1 is 1.07 bits per heavy atom. The first-order valence-electron chi connectivity index (χ1n) is 8.96. The van der Waals surface area contributed by atoms with E-state index in [1.54, 1.807) is 35.6 Å². The summed E-state index contributed by atoms with van der Waals surface area (Å²) in [5.74, 6) is 0.415. The average molecular weight is 373 g/mol. The summed E-state index contributed by atoms with van der Waals surface area (Å²) < 4.78 is 6.62. The first kappa shape index (κ1) is 17.7. The van der Waals surface area contributed by atoms with Crippen LogP contribution in [-0.4, -0.2) is 15.7 Å². The van der Waals surface area contributed by atoms with Crippen LogP contribution in [0.2, 0.25) is 0 Å². The largest absolute Gasteiger partial charge is 0.467 e. The summed E-state index contributed by atoms with van der Waals surface area (Å²) in [5.41, 5.74) is 1.55.